The van der Waals surface area contributed by atoms with Crippen LogP contribution in [-0.4, -0.2) is 0 Å². The molecule has 0 aromatic heterocycles. The molecular formula is C14H10BrF4N. The minimum Gasteiger partial charge on any atom is -0.320 e. The smallest absolute Gasteiger partial charge is 0.320 e. The van der Waals surface area contributed by atoms with E-state index in [1.807, 2.05) is 0 Å². The van der Waals surface area contributed by atoms with E-state index >= 15 is 0 Å². The first-order valence-corrected chi connectivity index (χ1v) is 6.46. The molecule has 0 amide bonds. The Morgan fingerprint density at radius 1 is 0.950 bits per heavy atom. The molecule has 1 atom stereocenters. The van der Waals surface area contributed by atoms with Gasteiger partial charge in [-0.25, -0.2) is 4.39 Å². The second-order valence-electron chi connectivity index (χ2n) is 4.27. The average molecular weight is 348 g/mol. The Morgan fingerprint density at radius 3 is 2.00 bits per heavy atom. The van der Waals surface area contributed by atoms with E-state index in [2.05, 4.69) is 15.9 Å². The summed E-state index contributed by atoms with van der Waals surface area (Å²) in [5, 5.41) is 0. The van der Waals surface area contributed by atoms with Crippen molar-refractivity contribution in [1.82, 2.24) is 0 Å². The van der Waals surface area contributed by atoms with Crippen LogP contribution in [0.3, 0.4) is 0 Å². The fourth-order valence-corrected chi connectivity index (χ4v) is 2.02. The van der Waals surface area contributed by atoms with Gasteiger partial charge < -0.3 is 5.73 Å². The van der Waals surface area contributed by atoms with E-state index in [0.29, 0.717) is 15.6 Å². The Morgan fingerprint density at radius 2 is 1.50 bits per heavy atom. The molecule has 106 valence electrons. The van der Waals surface area contributed by atoms with Crippen LogP contribution in [0.25, 0.3) is 0 Å². The Bertz CT molecular complexity index is 608. The van der Waals surface area contributed by atoms with Crippen molar-refractivity contribution in [2.24, 2.45) is 5.73 Å². The Labute approximate surface area is 121 Å². The van der Waals surface area contributed by atoms with Crippen LogP contribution in [0.1, 0.15) is 22.7 Å². The highest BCUT2D eigenvalue weighted by atomic mass is 79.9. The normalized spacial score (nSPS) is 13.3. The maximum Gasteiger partial charge on any atom is 0.416 e. The molecule has 6 heteroatoms. The molecule has 0 saturated heterocycles. The average Bonchev–Trinajstić information content (AvgIpc) is 2.40. The van der Waals surface area contributed by atoms with Gasteiger partial charge in [-0.05, 0) is 51.3 Å². The van der Waals surface area contributed by atoms with Gasteiger partial charge in [-0.2, -0.15) is 13.2 Å². The van der Waals surface area contributed by atoms with Gasteiger partial charge in [0.05, 0.1) is 16.1 Å². The zero-order valence-electron chi connectivity index (χ0n) is 10.1. The molecule has 0 fully saturated rings. The molecule has 2 N–H and O–H groups in total. The number of alkyl halides is 3. The lowest BCUT2D eigenvalue weighted by molar-refractivity contribution is -0.137. The van der Waals surface area contributed by atoms with Gasteiger partial charge in [0.25, 0.3) is 0 Å². The van der Waals surface area contributed by atoms with Gasteiger partial charge in [0.2, 0.25) is 0 Å². The van der Waals surface area contributed by atoms with Crippen molar-refractivity contribution in [3.8, 4) is 0 Å². The van der Waals surface area contributed by atoms with E-state index in [-0.39, 0.29) is 0 Å². The summed E-state index contributed by atoms with van der Waals surface area (Å²) in [4.78, 5) is 0. The molecular weight excluding hydrogens is 338 g/mol. The molecule has 0 aliphatic carbocycles. The lowest BCUT2D eigenvalue weighted by Gasteiger charge is -2.14. The lowest BCUT2D eigenvalue weighted by Crippen LogP contribution is -2.13. The summed E-state index contributed by atoms with van der Waals surface area (Å²) >= 11 is 3.03. The summed E-state index contributed by atoms with van der Waals surface area (Å²) in [5.74, 6) is -0.468. The van der Waals surface area contributed by atoms with E-state index in [4.69, 9.17) is 5.73 Å². The number of hydrogen-bond donors (Lipinski definition) is 1. The maximum absolute atomic E-state index is 13.4. The van der Waals surface area contributed by atoms with Crippen molar-refractivity contribution in [3.63, 3.8) is 0 Å². The zero-order chi connectivity index (χ0) is 14.9. The monoisotopic (exact) mass is 347 g/mol. The van der Waals surface area contributed by atoms with E-state index < -0.39 is 23.6 Å². The van der Waals surface area contributed by atoms with Crippen LogP contribution < -0.4 is 5.73 Å². The van der Waals surface area contributed by atoms with Crippen LogP contribution in [0.4, 0.5) is 17.6 Å². The molecule has 2 aromatic rings. The Hall–Kier alpha value is -1.40. The minimum atomic E-state index is -4.38. The summed E-state index contributed by atoms with van der Waals surface area (Å²) in [6, 6.07) is 8.23. The quantitative estimate of drug-likeness (QED) is 0.786. The van der Waals surface area contributed by atoms with Gasteiger partial charge in [-0.15, -0.1) is 0 Å². The first kappa shape index (κ1) is 15.0. The topological polar surface area (TPSA) is 26.0 Å². The molecule has 0 heterocycles. The van der Waals surface area contributed by atoms with Crippen LogP contribution in [0.2, 0.25) is 0 Å². The van der Waals surface area contributed by atoms with Gasteiger partial charge >= 0.3 is 6.18 Å². The van der Waals surface area contributed by atoms with Crippen LogP contribution in [0, 0.1) is 5.82 Å². The Kier molecular flexibility index (Phi) is 4.15. The van der Waals surface area contributed by atoms with Crippen molar-refractivity contribution in [1.29, 1.82) is 0 Å². The highest BCUT2D eigenvalue weighted by Crippen LogP contribution is 2.31. The van der Waals surface area contributed by atoms with Gasteiger partial charge in [0, 0.05) is 0 Å². The first-order valence-electron chi connectivity index (χ1n) is 5.66. The fourth-order valence-electron chi connectivity index (χ4n) is 1.78. The molecule has 20 heavy (non-hydrogen) atoms. The molecule has 1 unspecified atom stereocenters. The van der Waals surface area contributed by atoms with Gasteiger partial charge in [-0.1, -0.05) is 18.2 Å². The summed E-state index contributed by atoms with van der Waals surface area (Å²) in [5.41, 5.74) is 6.17. The largest absolute Gasteiger partial charge is 0.416 e. The van der Waals surface area contributed by atoms with E-state index in [9.17, 15) is 17.6 Å². The third-order valence-corrected chi connectivity index (χ3v) is 3.54. The van der Waals surface area contributed by atoms with Crippen LogP contribution in [0.5, 0.6) is 0 Å². The fraction of sp³-hybridized carbons (Fsp3) is 0.143. The molecule has 1 nitrogen and oxygen atoms in total. The summed E-state index contributed by atoms with van der Waals surface area (Å²) < 4.78 is 51.1. The summed E-state index contributed by atoms with van der Waals surface area (Å²) in [6.07, 6.45) is -4.38. The summed E-state index contributed by atoms with van der Waals surface area (Å²) in [7, 11) is 0. The molecule has 0 aliphatic heterocycles. The minimum absolute atomic E-state index is 0.306. The van der Waals surface area contributed by atoms with Crippen molar-refractivity contribution < 1.29 is 17.6 Å². The third kappa shape index (κ3) is 3.19. The number of benzene rings is 2. The number of hydrogen-bond acceptors (Lipinski definition) is 1. The highest BCUT2D eigenvalue weighted by molar-refractivity contribution is 9.10. The molecule has 0 aliphatic rings. The summed E-state index contributed by atoms with van der Waals surface area (Å²) in [6.45, 7) is 0. The van der Waals surface area contributed by atoms with Gasteiger partial charge in [0.1, 0.15) is 5.82 Å². The second kappa shape index (κ2) is 5.54. The van der Waals surface area contributed by atoms with E-state index in [1.165, 1.54) is 24.3 Å². The van der Waals surface area contributed by atoms with Crippen molar-refractivity contribution in [2.45, 2.75) is 12.2 Å². The van der Waals surface area contributed by atoms with Gasteiger partial charge in [-0.3, -0.25) is 0 Å². The van der Waals surface area contributed by atoms with Gasteiger partial charge in [0.15, 0.2) is 0 Å². The predicted molar refractivity (Wildman–Crippen MR) is 71.6 cm³/mol. The molecule has 0 radical (unpaired) electrons. The van der Waals surface area contributed by atoms with Crippen LogP contribution >= 0.6 is 15.9 Å². The van der Waals surface area contributed by atoms with Crippen LogP contribution in [-0.2, 0) is 6.18 Å². The van der Waals surface area contributed by atoms with Crippen molar-refractivity contribution >= 4 is 15.9 Å². The SMILES string of the molecule is NC(c1ccc(C(F)(F)F)cc1)c1ccc(Br)c(F)c1. The highest BCUT2D eigenvalue weighted by Gasteiger charge is 2.30. The number of nitrogens with two attached hydrogens (primary N) is 1. The standard InChI is InChI=1S/C14H10BrF4N/c15-11-6-3-9(7-12(11)16)13(20)8-1-4-10(5-2-8)14(17,18)19/h1-7,13H,20H2. The lowest BCUT2D eigenvalue weighted by atomic mass is 9.98. The number of halogens is 5. The van der Waals surface area contributed by atoms with Crippen LogP contribution in [0.15, 0.2) is 46.9 Å². The number of rotatable bonds is 2. The first-order chi connectivity index (χ1) is 9.29. The molecule has 2 rings (SSSR count). The molecule has 0 spiro atoms. The van der Waals surface area contributed by atoms with E-state index in [0.717, 1.165) is 12.1 Å². The third-order valence-electron chi connectivity index (χ3n) is 2.90. The predicted octanol–water partition coefficient (Wildman–Crippen LogP) is 4.66. The second-order valence-corrected chi connectivity index (χ2v) is 5.13. The molecule has 0 bridgehead atoms. The van der Waals surface area contributed by atoms with Crippen molar-refractivity contribution in [2.75, 3.05) is 0 Å². The molecule has 2 aromatic carbocycles. The Balaban J connectivity index is 2.29. The zero-order valence-corrected chi connectivity index (χ0v) is 11.7. The molecule has 0 saturated carbocycles. The maximum atomic E-state index is 13.4. The van der Waals surface area contributed by atoms with Crippen molar-refractivity contribution in [3.05, 3.63) is 69.4 Å². The van der Waals surface area contributed by atoms with E-state index in [1.54, 1.807) is 6.07 Å².